The van der Waals surface area contributed by atoms with Gasteiger partial charge in [-0.05, 0) is 29.8 Å². The summed E-state index contributed by atoms with van der Waals surface area (Å²) >= 11 is 0. The van der Waals surface area contributed by atoms with Crippen molar-refractivity contribution < 1.29 is 10.0 Å². The molecule has 0 unspecified atom stereocenters. The van der Waals surface area contributed by atoms with Gasteiger partial charge in [0.05, 0.1) is 4.92 Å². The van der Waals surface area contributed by atoms with Gasteiger partial charge in [-0.15, -0.1) is 0 Å². The number of hydrogen-bond donors (Lipinski definition) is 1. The molecule has 1 N–H and O–H groups in total. The Morgan fingerprint density at radius 1 is 1.11 bits per heavy atom. The van der Waals surface area contributed by atoms with E-state index in [2.05, 4.69) is 4.99 Å². The van der Waals surface area contributed by atoms with Crippen LogP contribution >= 0.6 is 0 Å². The van der Waals surface area contributed by atoms with E-state index in [-0.39, 0.29) is 11.4 Å². The molecule has 2 rings (SSSR count). The smallest absolute Gasteiger partial charge is 0.269 e. The molecular formula is C13H10N2O3. The standard InChI is InChI=1S/C13H10N2O3/c16-13-4-2-1-3-12(13)14-9-10-5-7-11(8-6-10)15(17)18/h1-9,16H/b14-9+. The number of para-hydroxylation sites is 2. The van der Waals surface area contributed by atoms with E-state index in [0.717, 1.165) is 5.56 Å². The van der Waals surface area contributed by atoms with E-state index < -0.39 is 4.92 Å². The van der Waals surface area contributed by atoms with Crippen molar-refractivity contribution in [2.75, 3.05) is 0 Å². The molecule has 0 heterocycles. The van der Waals surface area contributed by atoms with E-state index in [1.54, 1.807) is 42.6 Å². The summed E-state index contributed by atoms with van der Waals surface area (Å²) in [6.07, 6.45) is 1.54. The summed E-state index contributed by atoms with van der Waals surface area (Å²) in [5, 5.41) is 20.0. The Hall–Kier alpha value is -2.69. The van der Waals surface area contributed by atoms with Crippen molar-refractivity contribution in [3.63, 3.8) is 0 Å². The molecule has 2 aromatic carbocycles. The predicted molar refractivity (Wildman–Crippen MR) is 68.5 cm³/mol. The molecule has 5 heteroatoms. The zero-order chi connectivity index (χ0) is 13.0. The van der Waals surface area contributed by atoms with Gasteiger partial charge < -0.3 is 5.11 Å². The Morgan fingerprint density at radius 3 is 2.39 bits per heavy atom. The number of benzene rings is 2. The van der Waals surface area contributed by atoms with E-state index in [4.69, 9.17) is 0 Å². The van der Waals surface area contributed by atoms with Crippen LogP contribution in [-0.2, 0) is 0 Å². The fourth-order valence-electron chi connectivity index (χ4n) is 1.40. The number of aromatic hydroxyl groups is 1. The molecule has 0 aliphatic carbocycles. The SMILES string of the molecule is O=[N+]([O-])c1ccc(/C=N/c2ccccc2O)cc1. The number of nitro benzene ring substituents is 1. The maximum Gasteiger partial charge on any atom is 0.269 e. The van der Waals surface area contributed by atoms with E-state index >= 15 is 0 Å². The highest BCUT2D eigenvalue weighted by Crippen LogP contribution is 2.24. The summed E-state index contributed by atoms with van der Waals surface area (Å²) in [4.78, 5) is 14.1. The molecule has 0 radical (unpaired) electrons. The van der Waals surface area contributed by atoms with Crippen molar-refractivity contribution in [3.05, 3.63) is 64.2 Å². The first kappa shape index (κ1) is 11.8. The molecular weight excluding hydrogens is 232 g/mol. The number of nitro groups is 1. The highest BCUT2D eigenvalue weighted by Gasteiger charge is 2.02. The predicted octanol–water partition coefficient (Wildman–Crippen LogP) is 3.05. The van der Waals surface area contributed by atoms with Crippen LogP contribution in [0.15, 0.2) is 53.5 Å². The molecule has 0 bridgehead atoms. The van der Waals surface area contributed by atoms with E-state index in [1.807, 2.05) is 0 Å². The molecule has 0 aliphatic rings. The lowest BCUT2D eigenvalue weighted by Gasteiger charge is -1.97. The summed E-state index contributed by atoms with van der Waals surface area (Å²) < 4.78 is 0. The molecule has 0 saturated heterocycles. The Labute approximate surface area is 103 Å². The van der Waals surface area contributed by atoms with E-state index in [1.165, 1.54) is 12.1 Å². The van der Waals surface area contributed by atoms with Crippen molar-refractivity contribution in [2.45, 2.75) is 0 Å². The van der Waals surface area contributed by atoms with Crippen molar-refractivity contribution in [1.82, 2.24) is 0 Å². The van der Waals surface area contributed by atoms with Gasteiger partial charge in [0.2, 0.25) is 0 Å². The highest BCUT2D eigenvalue weighted by atomic mass is 16.6. The number of aliphatic imine (C=N–C) groups is 1. The Morgan fingerprint density at radius 2 is 1.78 bits per heavy atom. The minimum absolute atomic E-state index is 0.0368. The molecule has 0 amide bonds. The molecule has 90 valence electrons. The molecule has 2 aromatic rings. The number of rotatable bonds is 3. The van der Waals surface area contributed by atoms with Crippen molar-refractivity contribution in [3.8, 4) is 5.75 Å². The lowest BCUT2D eigenvalue weighted by molar-refractivity contribution is -0.384. The van der Waals surface area contributed by atoms with Crippen LogP contribution in [0.4, 0.5) is 11.4 Å². The normalized spacial score (nSPS) is 10.7. The maximum absolute atomic E-state index is 10.5. The third-order valence-electron chi connectivity index (χ3n) is 2.34. The number of phenols is 1. The first-order valence-corrected chi connectivity index (χ1v) is 5.23. The number of phenolic OH excluding ortho intramolecular Hbond substituents is 1. The quantitative estimate of drug-likeness (QED) is 0.510. The Balaban J connectivity index is 2.19. The number of nitrogens with zero attached hydrogens (tertiary/aromatic N) is 2. The minimum Gasteiger partial charge on any atom is -0.506 e. The Kier molecular flexibility index (Phi) is 3.33. The van der Waals surface area contributed by atoms with E-state index in [0.29, 0.717) is 5.69 Å². The van der Waals surface area contributed by atoms with Crippen LogP contribution < -0.4 is 0 Å². The highest BCUT2D eigenvalue weighted by molar-refractivity contribution is 5.82. The summed E-state index contributed by atoms with van der Waals surface area (Å²) in [5.74, 6) is 0.0932. The van der Waals surface area contributed by atoms with Gasteiger partial charge in [0, 0.05) is 18.3 Å². The lowest BCUT2D eigenvalue weighted by Crippen LogP contribution is -1.88. The number of hydrogen-bond acceptors (Lipinski definition) is 4. The summed E-state index contributed by atoms with van der Waals surface area (Å²) in [6, 6.07) is 12.7. The summed E-state index contributed by atoms with van der Waals surface area (Å²) in [6.45, 7) is 0. The molecule has 0 atom stereocenters. The molecule has 18 heavy (non-hydrogen) atoms. The molecule has 0 aromatic heterocycles. The second-order valence-corrected chi connectivity index (χ2v) is 3.60. The van der Waals surface area contributed by atoms with Gasteiger partial charge >= 0.3 is 0 Å². The fourth-order valence-corrected chi connectivity index (χ4v) is 1.40. The van der Waals surface area contributed by atoms with Crippen LogP contribution in [0.5, 0.6) is 5.75 Å². The zero-order valence-electron chi connectivity index (χ0n) is 9.35. The number of non-ortho nitro benzene ring substituents is 1. The van der Waals surface area contributed by atoms with Crippen LogP contribution in [0.2, 0.25) is 0 Å². The van der Waals surface area contributed by atoms with Gasteiger partial charge in [-0.3, -0.25) is 15.1 Å². The summed E-state index contributed by atoms with van der Waals surface area (Å²) in [5.41, 5.74) is 1.22. The van der Waals surface area contributed by atoms with Crippen LogP contribution in [0.25, 0.3) is 0 Å². The molecule has 0 fully saturated rings. The van der Waals surface area contributed by atoms with Crippen LogP contribution in [-0.4, -0.2) is 16.2 Å². The average molecular weight is 242 g/mol. The Bertz CT molecular complexity index is 591. The van der Waals surface area contributed by atoms with Crippen molar-refractivity contribution in [2.24, 2.45) is 4.99 Å². The average Bonchev–Trinajstić information content (AvgIpc) is 2.38. The third kappa shape index (κ3) is 2.70. The lowest BCUT2D eigenvalue weighted by atomic mass is 10.2. The third-order valence-corrected chi connectivity index (χ3v) is 2.34. The van der Waals surface area contributed by atoms with Crippen LogP contribution in [0, 0.1) is 10.1 Å². The van der Waals surface area contributed by atoms with Gasteiger partial charge in [0.1, 0.15) is 11.4 Å². The summed E-state index contributed by atoms with van der Waals surface area (Å²) in [7, 11) is 0. The zero-order valence-corrected chi connectivity index (χ0v) is 9.35. The monoisotopic (exact) mass is 242 g/mol. The van der Waals surface area contributed by atoms with Gasteiger partial charge in [0.15, 0.2) is 0 Å². The second kappa shape index (κ2) is 5.09. The van der Waals surface area contributed by atoms with Gasteiger partial charge in [-0.2, -0.15) is 0 Å². The van der Waals surface area contributed by atoms with Gasteiger partial charge in [-0.1, -0.05) is 12.1 Å². The topological polar surface area (TPSA) is 75.7 Å². The van der Waals surface area contributed by atoms with Gasteiger partial charge in [0.25, 0.3) is 5.69 Å². The second-order valence-electron chi connectivity index (χ2n) is 3.60. The van der Waals surface area contributed by atoms with E-state index in [9.17, 15) is 15.2 Å². The van der Waals surface area contributed by atoms with Crippen LogP contribution in [0.1, 0.15) is 5.56 Å². The molecule has 0 aliphatic heterocycles. The van der Waals surface area contributed by atoms with Crippen molar-refractivity contribution in [1.29, 1.82) is 0 Å². The molecule has 0 saturated carbocycles. The first-order valence-electron chi connectivity index (χ1n) is 5.23. The molecule has 0 spiro atoms. The van der Waals surface area contributed by atoms with Gasteiger partial charge in [-0.25, -0.2) is 0 Å². The minimum atomic E-state index is -0.454. The largest absolute Gasteiger partial charge is 0.506 e. The fraction of sp³-hybridized carbons (Fsp3) is 0. The van der Waals surface area contributed by atoms with Crippen LogP contribution in [0.3, 0.4) is 0 Å². The first-order chi connectivity index (χ1) is 8.66. The molecule has 5 nitrogen and oxygen atoms in total. The van der Waals surface area contributed by atoms with Crippen molar-refractivity contribution >= 4 is 17.6 Å². The maximum atomic E-state index is 10.5.